The molecule has 1 aromatic heterocycles. The van der Waals surface area contributed by atoms with Crippen molar-refractivity contribution < 1.29 is 8.42 Å². The zero-order chi connectivity index (χ0) is 21.1. The van der Waals surface area contributed by atoms with Crippen LogP contribution in [0.25, 0.3) is 21.8 Å². The van der Waals surface area contributed by atoms with Crippen molar-refractivity contribution in [3.05, 3.63) is 106 Å². The summed E-state index contributed by atoms with van der Waals surface area (Å²) in [5, 5.41) is 2.52. The van der Waals surface area contributed by atoms with Gasteiger partial charge in [-0.25, -0.2) is 8.42 Å². The zero-order valence-electron chi connectivity index (χ0n) is 15.7. The number of hydrogen-bond acceptors (Lipinski definition) is 2. The average Bonchev–Trinajstić information content (AvgIpc) is 3.17. The fourth-order valence-corrected chi connectivity index (χ4v) is 5.27. The number of benzene rings is 4. The summed E-state index contributed by atoms with van der Waals surface area (Å²) in [5.41, 5.74) is 2.32. The van der Waals surface area contributed by atoms with Gasteiger partial charge >= 0.3 is 0 Å². The SMILES string of the molecule is Brc1ccc2c([nH]c3ccccc32)c1Br.O=S(=O)(c1ccccc1)c1ccccc1. The first-order valence-corrected chi connectivity index (χ1v) is 12.2. The van der Waals surface area contributed by atoms with Crippen molar-refractivity contribution in [1.82, 2.24) is 4.98 Å². The van der Waals surface area contributed by atoms with Gasteiger partial charge in [-0.05, 0) is 68.3 Å². The number of aromatic amines is 1. The monoisotopic (exact) mass is 541 g/mol. The predicted octanol–water partition coefficient (Wildman–Crippen LogP) is 7.37. The largest absolute Gasteiger partial charge is 0.354 e. The molecule has 0 atom stereocenters. The first-order valence-electron chi connectivity index (χ1n) is 9.18. The molecule has 5 rings (SSSR count). The second kappa shape index (κ2) is 8.76. The Bertz CT molecular complexity index is 1370. The van der Waals surface area contributed by atoms with Gasteiger partial charge in [-0.3, -0.25) is 0 Å². The summed E-state index contributed by atoms with van der Waals surface area (Å²) in [6.07, 6.45) is 0. The minimum absolute atomic E-state index is 0.330. The molecule has 0 spiro atoms. The van der Waals surface area contributed by atoms with E-state index in [9.17, 15) is 8.42 Å². The third-order valence-corrected chi connectivity index (χ3v) is 8.48. The summed E-state index contributed by atoms with van der Waals surface area (Å²) >= 11 is 7.09. The van der Waals surface area contributed by atoms with Gasteiger partial charge in [0, 0.05) is 20.8 Å². The third-order valence-electron chi connectivity index (χ3n) is 4.68. The Kier molecular flexibility index (Phi) is 6.09. The van der Waals surface area contributed by atoms with E-state index in [1.54, 1.807) is 60.7 Å². The van der Waals surface area contributed by atoms with Crippen molar-refractivity contribution in [3.8, 4) is 0 Å². The number of nitrogens with one attached hydrogen (secondary N) is 1. The first kappa shape index (κ1) is 20.8. The van der Waals surface area contributed by atoms with E-state index in [-0.39, 0.29) is 0 Å². The smallest absolute Gasteiger partial charge is 0.206 e. The van der Waals surface area contributed by atoms with E-state index in [1.807, 2.05) is 6.07 Å². The quantitative estimate of drug-likeness (QED) is 0.253. The second-order valence-corrected chi connectivity index (χ2v) is 10.2. The van der Waals surface area contributed by atoms with E-state index in [4.69, 9.17) is 0 Å². The van der Waals surface area contributed by atoms with Gasteiger partial charge < -0.3 is 4.98 Å². The van der Waals surface area contributed by atoms with Crippen LogP contribution in [0.2, 0.25) is 0 Å². The summed E-state index contributed by atoms with van der Waals surface area (Å²) in [6, 6.07) is 29.4. The molecule has 0 aliphatic carbocycles. The Labute approximate surface area is 191 Å². The number of rotatable bonds is 2. The Hall–Kier alpha value is -2.41. The van der Waals surface area contributed by atoms with Crippen molar-refractivity contribution in [2.24, 2.45) is 0 Å². The number of halogens is 2. The van der Waals surface area contributed by atoms with Crippen LogP contribution in [0.5, 0.6) is 0 Å². The van der Waals surface area contributed by atoms with E-state index in [2.05, 4.69) is 67.2 Å². The Balaban J connectivity index is 0.000000145. The van der Waals surface area contributed by atoms with E-state index < -0.39 is 9.84 Å². The first-order chi connectivity index (χ1) is 14.5. The lowest BCUT2D eigenvalue weighted by Crippen LogP contribution is -2.00. The van der Waals surface area contributed by atoms with Crippen LogP contribution in [0.1, 0.15) is 0 Å². The number of fused-ring (bicyclic) bond motifs is 3. The maximum absolute atomic E-state index is 12.0. The number of H-pyrrole nitrogens is 1. The fourth-order valence-electron chi connectivity index (χ4n) is 3.19. The van der Waals surface area contributed by atoms with E-state index in [0.29, 0.717) is 9.79 Å². The summed E-state index contributed by atoms with van der Waals surface area (Å²) in [5.74, 6) is 0. The summed E-state index contributed by atoms with van der Waals surface area (Å²) in [7, 11) is -3.34. The van der Waals surface area contributed by atoms with E-state index in [1.165, 1.54) is 16.3 Å². The molecule has 4 aromatic carbocycles. The molecule has 0 aliphatic rings. The molecular formula is C24H17Br2NO2S. The molecule has 5 aromatic rings. The minimum atomic E-state index is -3.34. The standard InChI is InChI=1S/C12H7Br2N.C12H10O2S/c13-9-6-5-8-7-3-1-2-4-10(7)15-12(8)11(9)14;13-15(14,11-7-3-1-4-8-11)12-9-5-2-6-10-12/h1-6,15H;1-10H. The third kappa shape index (κ3) is 4.08. The maximum Gasteiger partial charge on any atom is 0.206 e. The maximum atomic E-state index is 12.0. The highest BCUT2D eigenvalue weighted by Crippen LogP contribution is 2.34. The highest BCUT2D eigenvalue weighted by Gasteiger charge is 2.15. The molecule has 1 N–H and O–H groups in total. The van der Waals surface area contributed by atoms with Crippen molar-refractivity contribution in [2.45, 2.75) is 9.79 Å². The van der Waals surface area contributed by atoms with Gasteiger partial charge in [-0.2, -0.15) is 0 Å². The summed E-state index contributed by atoms with van der Waals surface area (Å²) < 4.78 is 26.2. The zero-order valence-corrected chi connectivity index (χ0v) is 19.7. The highest BCUT2D eigenvalue weighted by atomic mass is 79.9. The van der Waals surface area contributed by atoms with E-state index in [0.717, 1.165) is 14.5 Å². The number of para-hydroxylation sites is 1. The van der Waals surface area contributed by atoms with Gasteiger partial charge in [0.25, 0.3) is 0 Å². The van der Waals surface area contributed by atoms with E-state index >= 15 is 0 Å². The minimum Gasteiger partial charge on any atom is -0.354 e. The van der Waals surface area contributed by atoms with Gasteiger partial charge in [-0.15, -0.1) is 0 Å². The second-order valence-electron chi connectivity index (χ2n) is 6.58. The average molecular weight is 543 g/mol. The molecule has 6 heteroatoms. The molecule has 3 nitrogen and oxygen atoms in total. The molecule has 0 fully saturated rings. The normalized spacial score (nSPS) is 11.3. The van der Waals surface area contributed by atoms with Crippen LogP contribution in [0.15, 0.2) is 116 Å². The fraction of sp³-hybridized carbons (Fsp3) is 0. The number of sulfone groups is 1. The van der Waals surface area contributed by atoms with Crippen LogP contribution in [0.3, 0.4) is 0 Å². The lowest BCUT2D eigenvalue weighted by atomic mass is 10.2. The highest BCUT2D eigenvalue weighted by molar-refractivity contribution is 9.13. The predicted molar refractivity (Wildman–Crippen MR) is 130 cm³/mol. The molecular weight excluding hydrogens is 526 g/mol. The van der Waals surface area contributed by atoms with Crippen LogP contribution in [0, 0.1) is 0 Å². The van der Waals surface area contributed by atoms with Gasteiger partial charge in [-0.1, -0.05) is 60.7 Å². The molecule has 0 bridgehead atoms. The molecule has 1 heterocycles. The van der Waals surface area contributed by atoms with Crippen molar-refractivity contribution in [2.75, 3.05) is 0 Å². The Morgan fingerprint density at radius 3 is 1.73 bits per heavy atom. The molecule has 0 unspecified atom stereocenters. The van der Waals surface area contributed by atoms with Crippen LogP contribution in [-0.2, 0) is 9.84 Å². The Morgan fingerprint density at radius 2 is 1.13 bits per heavy atom. The molecule has 0 radical (unpaired) electrons. The molecule has 0 saturated carbocycles. The molecule has 30 heavy (non-hydrogen) atoms. The van der Waals surface area contributed by atoms with Crippen molar-refractivity contribution in [3.63, 3.8) is 0 Å². The lowest BCUT2D eigenvalue weighted by molar-refractivity contribution is 0.596. The topological polar surface area (TPSA) is 49.9 Å². The van der Waals surface area contributed by atoms with Gasteiger partial charge in [0.05, 0.1) is 19.8 Å². The molecule has 0 saturated heterocycles. The molecule has 150 valence electrons. The van der Waals surface area contributed by atoms with Crippen LogP contribution in [0.4, 0.5) is 0 Å². The van der Waals surface area contributed by atoms with Gasteiger partial charge in [0.2, 0.25) is 9.84 Å². The Morgan fingerprint density at radius 1 is 0.600 bits per heavy atom. The van der Waals surface area contributed by atoms with Gasteiger partial charge in [0.1, 0.15) is 0 Å². The van der Waals surface area contributed by atoms with Crippen LogP contribution < -0.4 is 0 Å². The summed E-state index contributed by atoms with van der Waals surface area (Å²) in [4.78, 5) is 4.07. The van der Waals surface area contributed by atoms with Gasteiger partial charge in [0.15, 0.2) is 0 Å². The lowest BCUT2D eigenvalue weighted by Gasteiger charge is -2.03. The van der Waals surface area contributed by atoms with Crippen LogP contribution in [-0.4, -0.2) is 13.4 Å². The molecule has 0 aliphatic heterocycles. The number of hydrogen-bond donors (Lipinski definition) is 1. The van der Waals surface area contributed by atoms with Crippen molar-refractivity contribution in [1.29, 1.82) is 0 Å². The summed E-state index contributed by atoms with van der Waals surface area (Å²) in [6.45, 7) is 0. The van der Waals surface area contributed by atoms with Crippen LogP contribution >= 0.6 is 31.9 Å². The number of aromatic nitrogens is 1. The van der Waals surface area contributed by atoms with Crippen molar-refractivity contribution >= 4 is 63.5 Å². The molecule has 0 amide bonds.